The first-order valence-corrected chi connectivity index (χ1v) is 11.0. The zero-order valence-corrected chi connectivity index (χ0v) is 18.0. The van der Waals surface area contributed by atoms with Crippen molar-refractivity contribution in [3.05, 3.63) is 87.1 Å². The number of ether oxygens (including phenoxy) is 1. The Balaban J connectivity index is 1.38. The van der Waals surface area contributed by atoms with Gasteiger partial charge in [-0.3, -0.25) is 5.43 Å². The van der Waals surface area contributed by atoms with Crippen LogP contribution in [0, 0.1) is 6.92 Å². The maximum absolute atomic E-state index is 6.36. The van der Waals surface area contributed by atoms with Crippen LogP contribution in [0.5, 0.6) is 5.75 Å². The minimum atomic E-state index is 0.478. The van der Waals surface area contributed by atoms with Crippen molar-refractivity contribution in [2.75, 3.05) is 5.43 Å². The van der Waals surface area contributed by atoms with Crippen LogP contribution in [0.15, 0.2) is 71.1 Å². The van der Waals surface area contributed by atoms with E-state index >= 15 is 0 Å². The Labute approximate surface area is 182 Å². The number of rotatable bonds is 7. The molecule has 146 valence electrons. The van der Waals surface area contributed by atoms with E-state index in [1.165, 1.54) is 0 Å². The van der Waals surface area contributed by atoms with Crippen LogP contribution >= 0.6 is 34.3 Å². The normalized spacial score (nSPS) is 11.1. The zero-order valence-electron chi connectivity index (χ0n) is 15.6. The molecule has 4 nitrogen and oxygen atoms in total. The number of benzene rings is 2. The lowest BCUT2D eigenvalue weighted by Crippen LogP contribution is -1.96. The summed E-state index contributed by atoms with van der Waals surface area (Å²) >= 11 is 9.62. The van der Waals surface area contributed by atoms with Gasteiger partial charge in [-0.15, -0.1) is 22.7 Å². The van der Waals surface area contributed by atoms with E-state index in [2.05, 4.69) is 33.9 Å². The van der Waals surface area contributed by atoms with Crippen LogP contribution in [0.1, 0.15) is 16.0 Å². The summed E-state index contributed by atoms with van der Waals surface area (Å²) in [4.78, 5) is 6.95. The van der Waals surface area contributed by atoms with Gasteiger partial charge in [0.2, 0.25) is 5.13 Å². The number of hydrogen-bond acceptors (Lipinski definition) is 6. The van der Waals surface area contributed by atoms with Gasteiger partial charge in [0.25, 0.3) is 0 Å². The summed E-state index contributed by atoms with van der Waals surface area (Å²) in [5, 5.41) is 7.65. The molecule has 0 aliphatic rings. The molecular weight excluding hydrogens is 422 g/mol. The molecule has 0 unspecified atom stereocenters. The van der Waals surface area contributed by atoms with Gasteiger partial charge in [0, 0.05) is 4.88 Å². The highest BCUT2D eigenvalue weighted by Gasteiger charge is 2.10. The highest BCUT2D eigenvalue weighted by Crippen LogP contribution is 2.33. The van der Waals surface area contributed by atoms with Crippen molar-refractivity contribution in [3.63, 3.8) is 0 Å². The molecule has 29 heavy (non-hydrogen) atoms. The molecule has 0 aliphatic heterocycles. The van der Waals surface area contributed by atoms with Crippen LogP contribution in [0.3, 0.4) is 0 Å². The van der Waals surface area contributed by atoms with Crippen LogP contribution in [0.2, 0.25) is 5.02 Å². The maximum atomic E-state index is 6.36. The number of aromatic nitrogens is 1. The van der Waals surface area contributed by atoms with E-state index in [0.29, 0.717) is 17.4 Å². The first-order chi connectivity index (χ1) is 14.2. The van der Waals surface area contributed by atoms with Crippen molar-refractivity contribution in [3.8, 4) is 16.3 Å². The molecule has 0 saturated carbocycles. The third kappa shape index (κ3) is 5.03. The SMILES string of the molecule is Cc1sc(N/N=C\c2ccc(OCc3ccccc3)c(Cl)c2)nc1-c1cccs1. The first-order valence-electron chi connectivity index (χ1n) is 8.96. The third-order valence-corrected chi connectivity index (χ3v) is 6.17. The highest BCUT2D eigenvalue weighted by atomic mass is 35.5. The number of thiophene rings is 1. The van der Waals surface area contributed by atoms with E-state index in [0.717, 1.165) is 31.7 Å². The fourth-order valence-corrected chi connectivity index (χ4v) is 4.55. The summed E-state index contributed by atoms with van der Waals surface area (Å²) < 4.78 is 5.80. The standard InChI is InChI=1S/C22H18ClN3OS2/c1-15-21(20-8-5-11-28-20)25-22(29-15)26-24-13-17-9-10-19(18(23)12-17)27-14-16-6-3-2-4-7-16/h2-13H,14H2,1H3,(H,25,26)/b24-13-. The molecule has 1 N–H and O–H groups in total. The number of hydrazone groups is 1. The Kier molecular flexibility index (Phi) is 6.24. The second-order valence-electron chi connectivity index (χ2n) is 6.24. The molecule has 7 heteroatoms. The Morgan fingerprint density at radius 1 is 1.14 bits per heavy atom. The summed E-state index contributed by atoms with van der Waals surface area (Å²) in [6.07, 6.45) is 1.72. The second-order valence-corrected chi connectivity index (χ2v) is 8.79. The van der Waals surface area contributed by atoms with Crippen LogP contribution in [-0.4, -0.2) is 11.2 Å². The lowest BCUT2D eigenvalue weighted by atomic mass is 10.2. The Bertz CT molecular complexity index is 1110. The second kappa shape index (κ2) is 9.22. The van der Waals surface area contributed by atoms with Crippen LogP contribution in [0.25, 0.3) is 10.6 Å². The van der Waals surface area contributed by atoms with Gasteiger partial charge >= 0.3 is 0 Å². The van der Waals surface area contributed by atoms with E-state index in [1.807, 2.05) is 54.6 Å². The summed E-state index contributed by atoms with van der Waals surface area (Å²) in [5.41, 5.74) is 5.98. The number of aryl methyl sites for hydroxylation is 1. The molecule has 0 radical (unpaired) electrons. The van der Waals surface area contributed by atoms with Crippen molar-refractivity contribution in [2.45, 2.75) is 13.5 Å². The number of hydrogen-bond donors (Lipinski definition) is 1. The van der Waals surface area contributed by atoms with E-state index in [-0.39, 0.29) is 0 Å². The summed E-state index contributed by atoms with van der Waals surface area (Å²) in [6.45, 7) is 2.54. The molecular formula is C22H18ClN3OS2. The Hall–Kier alpha value is -2.67. The monoisotopic (exact) mass is 439 g/mol. The van der Waals surface area contributed by atoms with Crippen molar-refractivity contribution in [2.24, 2.45) is 5.10 Å². The van der Waals surface area contributed by atoms with Gasteiger partial charge in [0.05, 0.1) is 21.8 Å². The predicted molar refractivity (Wildman–Crippen MR) is 124 cm³/mol. The van der Waals surface area contributed by atoms with E-state index in [4.69, 9.17) is 16.3 Å². The molecule has 0 fully saturated rings. The largest absolute Gasteiger partial charge is 0.487 e. The molecule has 0 amide bonds. The number of nitrogens with one attached hydrogen (secondary N) is 1. The lowest BCUT2D eigenvalue weighted by molar-refractivity contribution is 0.306. The summed E-state index contributed by atoms with van der Waals surface area (Å²) in [6, 6.07) is 19.7. The zero-order chi connectivity index (χ0) is 20.1. The molecule has 0 atom stereocenters. The average molecular weight is 440 g/mol. The minimum absolute atomic E-state index is 0.478. The average Bonchev–Trinajstić information content (AvgIpc) is 3.38. The van der Waals surface area contributed by atoms with Gasteiger partial charge in [-0.05, 0) is 47.7 Å². The minimum Gasteiger partial charge on any atom is -0.487 e. The van der Waals surface area contributed by atoms with Crippen LogP contribution < -0.4 is 10.2 Å². The summed E-state index contributed by atoms with van der Waals surface area (Å²) in [5.74, 6) is 0.650. The van der Waals surface area contributed by atoms with Gasteiger partial charge in [0.1, 0.15) is 12.4 Å². The van der Waals surface area contributed by atoms with Crippen LogP contribution in [0.4, 0.5) is 5.13 Å². The number of halogens is 1. The third-order valence-electron chi connectivity index (χ3n) is 4.12. The fourth-order valence-electron chi connectivity index (χ4n) is 2.70. The van der Waals surface area contributed by atoms with E-state index < -0.39 is 0 Å². The van der Waals surface area contributed by atoms with Gasteiger partial charge in [-0.2, -0.15) is 5.10 Å². The molecule has 0 aliphatic carbocycles. The summed E-state index contributed by atoms with van der Waals surface area (Å²) in [7, 11) is 0. The molecule has 4 rings (SSSR count). The fraction of sp³-hybridized carbons (Fsp3) is 0.0909. The topological polar surface area (TPSA) is 46.5 Å². The first kappa shape index (κ1) is 19.6. The molecule has 2 heterocycles. The van der Waals surface area contributed by atoms with E-state index in [9.17, 15) is 0 Å². The molecule has 0 spiro atoms. The Morgan fingerprint density at radius 3 is 2.76 bits per heavy atom. The maximum Gasteiger partial charge on any atom is 0.204 e. The molecule has 0 saturated heterocycles. The van der Waals surface area contributed by atoms with Gasteiger partial charge in [-0.25, -0.2) is 4.98 Å². The molecule has 0 bridgehead atoms. The molecule has 2 aromatic carbocycles. The lowest BCUT2D eigenvalue weighted by Gasteiger charge is -2.08. The van der Waals surface area contributed by atoms with Crippen molar-refractivity contribution in [1.29, 1.82) is 0 Å². The number of thiazole rings is 1. The molecule has 4 aromatic rings. The van der Waals surface area contributed by atoms with Gasteiger partial charge in [0.15, 0.2) is 0 Å². The Morgan fingerprint density at radius 2 is 2.00 bits per heavy atom. The number of nitrogens with zero attached hydrogens (tertiary/aromatic N) is 2. The van der Waals surface area contributed by atoms with Gasteiger partial charge < -0.3 is 4.74 Å². The van der Waals surface area contributed by atoms with Gasteiger partial charge in [-0.1, -0.05) is 48.0 Å². The number of anilines is 1. The van der Waals surface area contributed by atoms with E-state index in [1.54, 1.807) is 28.9 Å². The predicted octanol–water partition coefficient (Wildman–Crippen LogP) is 6.86. The van der Waals surface area contributed by atoms with Crippen molar-refractivity contribution < 1.29 is 4.74 Å². The van der Waals surface area contributed by atoms with Crippen molar-refractivity contribution >= 4 is 45.6 Å². The van der Waals surface area contributed by atoms with Crippen LogP contribution in [-0.2, 0) is 6.61 Å². The quantitative estimate of drug-likeness (QED) is 0.253. The van der Waals surface area contributed by atoms with Crippen molar-refractivity contribution in [1.82, 2.24) is 4.98 Å². The smallest absolute Gasteiger partial charge is 0.204 e. The molecule has 2 aromatic heterocycles. The highest BCUT2D eigenvalue weighted by molar-refractivity contribution is 7.17.